The zero-order valence-corrected chi connectivity index (χ0v) is 14.6. The number of ether oxygens (including phenoxy) is 1. The first-order chi connectivity index (χ1) is 12.8. The minimum absolute atomic E-state index is 0.0448. The van der Waals surface area contributed by atoms with E-state index in [1.165, 1.54) is 0 Å². The van der Waals surface area contributed by atoms with Crippen LogP contribution in [0.5, 0.6) is 0 Å². The highest BCUT2D eigenvalue weighted by Gasteiger charge is 2.24. The molecule has 1 atom stereocenters. The number of para-hydroxylation sites is 1. The lowest BCUT2D eigenvalue weighted by Gasteiger charge is -2.25. The molecule has 0 unspecified atom stereocenters. The summed E-state index contributed by atoms with van der Waals surface area (Å²) < 4.78 is 11.1. The Kier molecular flexibility index (Phi) is 4.97. The van der Waals surface area contributed by atoms with Crippen LogP contribution < -0.4 is 0 Å². The number of hydrogen-bond donors (Lipinski definition) is 0. The molecule has 0 saturated carbocycles. The summed E-state index contributed by atoms with van der Waals surface area (Å²) in [4.78, 5) is 14.9. The highest BCUT2D eigenvalue weighted by molar-refractivity contribution is 5.86. The van der Waals surface area contributed by atoms with E-state index in [9.17, 15) is 4.79 Å². The minimum atomic E-state index is 0.0448. The fourth-order valence-electron chi connectivity index (χ4n) is 3.41. The highest BCUT2D eigenvalue weighted by atomic mass is 16.5. The lowest BCUT2D eigenvalue weighted by Crippen LogP contribution is -2.37. The van der Waals surface area contributed by atoms with Crippen LogP contribution in [0.2, 0.25) is 0 Å². The van der Waals surface area contributed by atoms with Gasteiger partial charge in [0.25, 0.3) is 0 Å². The van der Waals surface area contributed by atoms with Crippen molar-refractivity contribution in [2.75, 3.05) is 13.2 Å². The summed E-state index contributed by atoms with van der Waals surface area (Å²) in [5, 5.41) is 5.00. The normalized spacial score (nSPS) is 16.8. The van der Waals surface area contributed by atoms with E-state index in [1.807, 2.05) is 59.5 Å². The van der Waals surface area contributed by atoms with Crippen LogP contribution in [-0.4, -0.2) is 35.2 Å². The Morgan fingerprint density at radius 3 is 2.73 bits per heavy atom. The molecule has 4 rings (SSSR count). The first-order valence-electron chi connectivity index (χ1n) is 9.06. The number of carbonyl (C=O) groups is 1. The topological polar surface area (TPSA) is 55.6 Å². The summed E-state index contributed by atoms with van der Waals surface area (Å²) in [5.41, 5.74) is 2.52. The third-order valence-corrected chi connectivity index (χ3v) is 4.79. The summed E-state index contributed by atoms with van der Waals surface area (Å²) in [6.07, 6.45) is 2.42. The zero-order valence-electron chi connectivity index (χ0n) is 14.6. The van der Waals surface area contributed by atoms with Gasteiger partial charge in [-0.3, -0.25) is 4.79 Å². The molecule has 1 saturated heterocycles. The molecule has 0 N–H and O–H groups in total. The third-order valence-electron chi connectivity index (χ3n) is 4.79. The number of amides is 1. The minimum Gasteiger partial charge on any atom is -0.376 e. The van der Waals surface area contributed by atoms with Gasteiger partial charge in [-0.15, -0.1) is 0 Å². The maximum Gasteiger partial charge on any atom is 0.229 e. The molecule has 3 aromatic rings. The van der Waals surface area contributed by atoms with Gasteiger partial charge in [-0.1, -0.05) is 47.6 Å². The van der Waals surface area contributed by atoms with Gasteiger partial charge in [-0.25, -0.2) is 0 Å². The van der Waals surface area contributed by atoms with Gasteiger partial charge < -0.3 is 14.2 Å². The first kappa shape index (κ1) is 16.8. The number of nitrogens with zero attached hydrogens (tertiary/aromatic N) is 2. The van der Waals surface area contributed by atoms with Gasteiger partial charge in [0.05, 0.1) is 12.5 Å². The van der Waals surface area contributed by atoms with Crippen LogP contribution in [0.15, 0.2) is 59.1 Å². The van der Waals surface area contributed by atoms with Crippen molar-refractivity contribution < 1.29 is 14.1 Å². The number of fused-ring (bicyclic) bond motifs is 1. The fraction of sp³-hybridized carbons (Fsp3) is 0.333. The Balaban J connectivity index is 1.52. The van der Waals surface area contributed by atoms with E-state index in [0.717, 1.165) is 30.4 Å². The second-order valence-corrected chi connectivity index (χ2v) is 6.70. The molecule has 0 radical (unpaired) electrons. The molecule has 2 aromatic carbocycles. The Bertz CT molecular complexity index is 869. The zero-order chi connectivity index (χ0) is 17.8. The van der Waals surface area contributed by atoms with Crippen molar-refractivity contribution in [2.45, 2.75) is 31.9 Å². The van der Waals surface area contributed by atoms with E-state index in [1.54, 1.807) is 0 Å². The van der Waals surface area contributed by atoms with Gasteiger partial charge >= 0.3 is 0 Å². The Labute approximate surface area is 152 Å². The quantitative estimate of drug-likeness (QED) is 0.682. The van der Waals surface area contributed by atoms with Crippen LogP contribution in [0.25, 0.3) is 11.0 Å². The van der Waals surface area contributed by atoms with Gasteiger partial charge in [0.1, 0.15) is 5.69 Å². The molecule has 5 heteroatoms. The summed E-state index contributed by atoms with van der Waals surface area (Å²) in [6.45, 7) is 1.98. The highest BCUT2D eigenvalue weighted by Crippen LogP contribution is 2.20. The molecule has 1 aromatic heterocycles. The van der Waals surface area contributed by atoms with Crippen LogP contribution in [0.3, 0.4) is 0 Å². The van der Waals surface area contributed by atoms with Crippen molar-refractivity contribution in [3.05, 3.63) is 65.9 Å². The predicted molar refractivity (Wildman–Crippen MR) is 98.5 cm³/mol. The van der Waals surface area contributed by atoms with Crippen molar-refractivity contribution in [1.82, 2.24) is 10.1 Å². The summed E-state index contributed by atoms with van der Waals surface area (Å²) in [6, 6.07) is 17.7. The number of benzene rings is 2. The molecular weight excluding hydrogens is 328 g/mol. The van der Waals surface area contributed by atoms with Crippen LogP contribution in [-0.2, 0) is 22.5 Å². The van der Waals surface area contributed by atoms with Crippen molar-refractivity contribution in [1.29, 1.82) is 0 Å². The van der Waals surface area contributed by atoms with Crippen LogP contribution in [0, 0.1) is 0 Å². The first-order valence-corrected chi connectivity index (χ1v) is 9.06. The van der Waals surface area contributed by atoms with Gasteiger partial charge in [0, 0.05) is 25.1 Å². The molecule has 1 amide bonds. The number of rotatable bonds is 6. The van der Waals surface area contributed by atoms with Crippen molar-refractivity contribution >= 4 is 16.9 Å². The van der Waals surface area contributed by atoms with Gasteiger partial charge in [0.15, 0.2) is 5.58 Å². The molecular formula is C21H22N2O3. The van der Waals surface area contributed by atoms with Gasteiger partial charge in [-0.2, -0.15) is 0 Å². The van der Waals surface area contributed by atoms with E-state index in [0.29, 0.717) is 24.4 Å². The lowest BCUT2D eigenvalue weighted by molar-refractivity contribution is -0.132. The van der Waals surface area contributed by atoms with Crippen molar-refractivity contribution in [2.24, 2.45) is 0 Å². The summed E-state index contributed by atoms with van der Waals surface area (Å²) >= 11 is 0. The van der Waals surface area contributed by atoms with E-state index in [-0.39, 0.29) is 18.4 Å². The smallest absolute Gasteiger partial charge is 0.229 e. The monoisotopic (exact) mass is 350 g/mol. The van der Waals surface area contributed by atoms with E-state index in [2.05, 4.69) is 5.16 Å². The Morgan fingerprint density at radius 1 is 1.12 bits per heavy atom. The van der Waals surface area contributed by atoms with Crippen molar-refractivity contribution in [3.63, 3.8) is 0 Å². The molecule has 26 heavy (non-hydrogen) atoms. The molecule has 2 heterocycles. The molecule has 134 valence electrons. The molecule has 0 bridgehead atoms. The van der Waals surface area contributed by atoms with Crippen LogP contribution >= 0.6 is 0 Å². The standard InChI is InChI=1S/C21H22N2O3/c24-21(13-19-18-10-4-5-11-20(18)26-22-19)23(15-17-9-6-12-25-17)14-16-7-2-1-3-8-16/h1-5,7-8,10-11,17H,6,9,12-15H2/t17-/m0/s1. The Hall–Kier alpha value is -2.66. The van der Waals surface area contributed by atoms with Gasteiger partial charge in [-0.05, 0) is 30.5 Å². The third kappa shape index (κ3) is 3.78. The Morgan fingerprint density at radius 2 is 1.92 bits per heavy atom. The maximum atomic E-state index is 13.0. The molecule has 1 fully saturated rings. The van der Waals surface area contributed by atoms with Crippen molar-refractivity contribution in [3.8, 4) is 0 Å². The number of carbonyl (C=O) groups excluding carboxylic acids is 1. The average molecular weight is 350 g/mol. The largest absolute Gasteiger partial charge is 0.376 e. The predicted octanol–water partition coefficient (Wildman–Crippen LogP) is 3.58. The lowest BCUT2D eigenvalue weighted by atomic mass is 10.1. The van der Waals surface area contributed by atoms with Gasteiger partial charge in [0.2, 0.25) is 5.91 Å². The van der Waals surface area contributed by atoms with Crippen LogP contribution in [0.1, 0.15) is 24.1 Å². The SMILES string of the molecule is O=C(Cc1noc2ccccc12)N(Cc1ccccc1)C[C@@H]1CCCO1. The molecule has 5 nitrogen and oxygen atoms in total. The number of aromatic nitrogens is 1. The van der Waals surface area contributed by atoms with E-state index in [4.69, 9.17) is 9.26 Å². The second kappa shape index (κ2) is 7.70. The molecule has 0 spiro atoms. The number of hydrogen-bond acceptors (Lipinski definition) is 4. The molecule has 1 aliphatic rings. The van der Waals surface area contributed by atoms with E-state index < -0.39 is 0 Å². The fourth-order valence-corrected chi connectivity index (χ4v) is 3.41. The summed E-state index contributed by atoms with van der Waals surface area (Å²) in [5.74, 6) is 0.0448. The average Bonchev–Trinajstić information content (AvgIpc) is 3.32. The molecule has 1 aliphatic heterocycles. The maximum absolute atomic E-state index is 13.0. The van der Waals surface area contributed by atoms with E-state index >= 15 is 0 Å². The second-order valence-electron chi connectivity index (χ2n) is 6.70. The summed E-state index contributed by atoms with van der Waals surface area (Å²) in [7, 11) is 0. The van der Waals surface area contributed by atoms with Crippen LogP contribution in [0.4, 0.5) is 0 Å². The molecule has 0 aliphatic carbocycles.